The summed E-state index contributed by atoms with van der Waals surface area (Å²) in [7, 11) is 1.88. The van der Waals surface area contributed by atoms with E-state index in [2.05, 4.69) is 16.0 Å². The van der Waals surface area contributed by atoms with Crippen LogP contribution >= 0.6 is 0 Å². The Morgan fingerprint density at radius 2 is 2.08 bits per heavy atom. The third-order valence-electron chi connectivity index (χ3n) is 4.28. The molecule has 124 valence electrons. The van der Waals surface area contributed by atoms with Gasteiger partial charge in [0.1, 0.15) is 5.75 Å². The fraction of sp³-hybridized carbons (Fsp3) is 0.200. The second-order valence-electron chi connectivity index (χ2n) is 6.24. The first-order valence-corrected chi connectivity index (χ1v) is 8.18. The number of terminal acetylenes is 1. The smallest absolute Gasteiger partial charge is 0.217 e. The Morgan fingerprint density at radius 1 is 1.24 bits per heavy atom. The van der Waals surface area contributed by atoms with Crippen molar-refractivity contribution in [1.82, 2.24) is 14.8 Å². The third-order valence-corrected chi connectivity index (χ3v) is 4.28. The predicted molar refractivity (Wildman–Crippen MR) is 97.3 cm³/mol. The van der Waals surface area contributed by atoms with E-state index >= 15 is 0 Å². The molecule has 5 nitrogen and oxygen atoms in total. The summed E-state index contributed by atoms with van der Waals surface area (Å²) in [5.74, 6) is 4.55. The number of hydrogen-bond acceptors (Lipinski definition) is 4. The maximum atomic E-state index is 6.16. The van der Waals surface area contributed by atoms with Crippen molar-refractivity contribution in [2.75, 3.05) is 5.73 Å². The molecule has 0 aliphatic heterocycles. The normalized spacial score (nSPS) is 13.4. The molecule has 0 saturated heterocycles. The third kappa shape index (κ3) is 3.07. The SMILES string of the molecule is C#Cc1ccc(-c2ccc(N)cn2)c(Oc2cc(C3CC3)nn2C)c1. The molecule has 2 aromatic heterocycles. The molecule has 0 spiro atoms. The Hall–Kier alpha value is -3.26. The Morgan fingerprint density at radius 3 is 2.76 bits per heavy atom. The number of nitrogens with two attached hydrogens (primary N) is 1. The van der Waals surface area contributed by atoms with Crippen molar-refractivity contribution in [3.63, 3.8) is 0 Å². The van der Waals surface area contributed by atoms with Crippen LogP contribution < -0.4 is 10.5 Å². The van der Waals surface area contributed by atoms with Gasteiger partial charge in [0.25, 0.3) is 0 Å². The summed E-state index contributed by atoms with van der Waals surface area (Å²) in [4.78, 5) is 4.39. The standard InChI is InChI=1S/C20H18N4O/c1-3-13-4-8-16(17-9-7-15(21)12-22-17)19(10-13)25-20-11-18(14-5-6-14)23-24(20)2/h1,4,7-12,14H,5-6,21H2,2H3. The van der Waals surface area contributed by atoms with Crippen molar-refractivity contribution in [2.24, 2.45) is 7.05 Å². The van der Waals surface area contributed by atoms with Crippen molar-refractivity contribution in [3.05, 3.63) is 53.9 Å². The minimum Gasteiger partial charge on any atom is -0.439 e. The molecule has 1 fully saturated rings. The monoisotopic (exact) mass is 330 g/mol. The molecule has 1 aliphatic carbocycles. The van der Waals surface area contributed by atoms with Crippen molar-refractivity contribution in [1.29, 1.82) is 0 Å². The van der Waals surface area contributed by atoms with E-state index in [9.17, 15) is 0 Å². The molecule has 3 aromatic rings. The van der Waals surface area contributed by atoms with E-state index in [-0.39, 0.29) is 0 Å². The lowest BCUT2D eigenvalue weighted by Crippen LogP contribution is -1.98. The number of nitrogen functional groups attached to an aromatic ring is 1. The lowest BCUT2D eigenvalue weighted by atomic mass is 10.1. The van der Waals surface area contributed by atoms with Crippen molar-refractivity contribution in [3.8, 4) is 35.2 Å². The van der Waals surface area contributed by atoms with Gasteiger partial charge in [-0.1, -0.05) is 5.92 Å². The first-order chi connectivity index (χ1) is 12.1. The van der Waals surface area contributed by atoms with Crippen LogP contribution in [-0.2, 0) is 7.05 Å². The van der Waals surface area contributed by atoms with Crippen molar-refractivity contribution < 1.29 is 4.74 Å². The first kappa shape index (κ1) is 15.3. The van der Waals surface area contributed by atoms with Crippen LogP contribution in [0.1, 0.15) is 30.0 Å². The highest BCUT2D eigenvalue weighted by Gasteiger charge is 2.27. The van der Waals surface area contributed by atoms with Crippen molar-refractivity contribution >= 4 is 5.69 Å². The molecular formula is C20H18N4O. The molecule has 0 bridgehead atoms. The van der Waals surface area contributed by atoms with Crippen LogP contribution in [0, 0.1) is 12.3 Å². The largest absolute Gasteiger partial charge is 0.439 e. The van der Waals surface area contributed by atoms with Gasteiger partial charge >= 0.3 is 0 Å². The molecule has 0 radical (unpaired) electrons. The molecule has 5 heteroatoms. The molecular weight excluding hydrogens is 312 g/mol. The second-order valence-corrected chi connectivity index (χ2v) is 6.24. The molecule has 1 aromatic carbocycles. The summed E-state index contributed by atoms with van der Waals surface area (Å²) in [6.07, 6.45) is 9.57. The molecule has 0 amide bonds. The molecule has 0 atom stereocenters. The number of anilines is 1. The fourth-order valence-corrected chi connectivity index (χ4v) is 2.73. The van der Waals surface area contributed by atoms with Crippen LogP contribution in [0.25, 0.3) is 11.3 Å². The summed E-state index contributed by atoms with van der Waals surface area (Å²) in [5, 5.41) is 4.54. The lowest BCUT2D eigenvalue weighted by molar-refractivity contribution is 0.432. The molecule has 25 heavy (non-hydrogen) atoms. The van der Waals surface area contributed by atoms with Crippen LogP contribution in [0.2, 0.25) is 0 Å². The lowest BCUT2D eigenvalue weighted by Gasteiger charge is -2.11. The number of pyridine rings is 1. The topological polar surface area (TPSA) is 66.0 Å². The Labute approximate surface area is 146 Å². The average Bonchev–Trinajstić information content (AvgIpc) is 3.41. The van der Waals surface area contributed by atoms with Gasteiger partial charge in [-0.3, -0.25) is 4.98 Å². The Bertz CT molecular complexity index is 962. The van der Waals surface area contributed by atoms with Crippen molar-refractivity contribution in [2.45, 2.75) is 18.8 Å². The number of aryl methyl sites for hydroxylation is 1. The average molecular weight is 330 g/mol. The number of ether oxygens (including phenoxy) is 1. The van der Waals surface area contributed by atoms with E-state index < -0.39 is 0 Å². The zero-order valence-corrected chi connectivity index (χ0v) is 13.9. The van der Waals surface area contributed by atoms with Gasteiger partial charge in [0.05, 0.1) is 23.3 Å². The summed E-state index contributed by atoms with van der Waals surface area (Å²) >= 11 is 0. The van der Waals surface area contributed by atoms with E-state index in [1.807, 2.05) is 43.4 Å². The quantitative estimate of drug-likeness (QED) is 0.741. The molecule has 2 N–H and O–H groups in total. The highest BCUT2D eigenvalue weighted by Crippen LogP contribution is 2.41. The van der Waals surface area contributed by atoms with Gasteiger partial charge < -0.3 is 10.5 Å². The zero-order chi connectivity index (χ0) is 17.4. The van der Waals surface area contributed by atoms with E-state index in [0.717, 1.165) is 22.5 Å². The maximum absolute atomic E-state index is 6.16. The number of hydrogen-bond donors (Lipinski definition) is 1. The van der Waals surface area contributed by atoms with Crippen LogP contribution in [0.4, 0.5) is 5.69 Å². The fourth-order valence-electron chi connectivity index (χ4n) is 2.73. The maximum Gasteiger partial charge on any atom is 0.217 e. The molecule has 1 aliphatic rings. The van der Waals surface area contributed by atoms with Gasteiger partial charge in [-0.15, -0.1) is 6.42 Å². The molecule has 4 rings (SSSR count). The number of nitrogens with zero attached hydrogens (tertiary/aromatic N) is 3. The second kappa shape index (κ2) is 5.99. The summed E-state index contributed by atoms with van der Waals surface area (Å²) < 4.78 is 7.92. The Kier molecular flexibility index (Phi) is 3.66. The van der Waals surface area contributed by atoms with Crippen LogP contribution in [0.3, 0.4) is 0 Å². The summed E-state index contributed by atoms with van der Waals surface area (Å²) in [6.45, 7) is 0. The summed E-state index contributed by atoms with van der Waals surface area (Å²) in [5.41, 5.74) is 9.81. The highest BCUT2D eigenvalue weighted by molar-refractivity contribution is 5.70. The first-order valence-electron chi connectivity index (χ1n) is 8.18. The molecule has 2 heterocycles. The Balaban J connectivity index is 1.74. The summed E-state index contributed by atoms with van der Waals surface area (Å²) in [6, 6.07) is 11.3. The van der Waals surface area contributed by atoms with Gasteiger partial charge in [-0.05, 0) is 43.2 Å². The van der Waals surface area contributed by atoms with Gasteiger partial charge in [-0.25, -0.2) is 4.68 Å². The molecule has 0 unspecified atom stereocenters. The highest BCUT2D eigenvalue weighted by atomic mass is 16.5. The minimum absolute atomic E-state index is 0.568. The number of benzene rings is 1. The van der Waals surface area contributed by atoms with Gasteiger partial charge in [-0.2, -0.15) is 5.10 Å². The van der Waals surface area contributed by atoms with E-state index in [1.165, 1.54) is 12.8 Å². The number of rotatable bonds is 4. The van der Waals surface area contributed by atoms with E-state index in [0.29, 0.717) is 23.2 Å². The van der Waals surface area contributed by atoms with Gasteiger partial charge in [0.2, 0.25) is 5.88 Å². The molecule has 1 saturated carbocycles. The van der Waals surface area contributed by atoms with Gasteiger partial charge in [0.15, 0.2) is 0 Å². The van der Waals surface area contributed by atoms with Crippen LogP contribution in [0.15, 0.2) is 42.6 Å². The predicted octanol–water partition coefficient (Wildman–Crippen LogP) is 3.72. The van der Waals surface area contributed by atoms with Crippen LogP contribution in [-0.4, -0.2) is 14.8 Å². The minimum atomic E-state index is 0.568. The van der Waals surface area contributed by atoms with E-state index in [1.54, 1.807) is 10.9 Å². The van der Waals surface area contributed by atoms with E-state index in [4.69, 9.17) is 16.9 Å². The number of aromatic nitrogens is 3. The zero-order valence-electron chi connectivity index (χ0n) is 13.9. The van der Waals surface area contributed by atoms with Gasteiger partial charge in [0, 0.05) is 30.2 Å². The van der Waals surface area contributed by atoms with Crippen LogP contribution in [0.5, 0.6) is 11.6 Å².